The van der Waals surface area contributed by atoms with E-state index >= 15 is 0 Å². The van der Waals surface area contributed by atoms with Gasteiger partial charge in [0, 0.05) is 10.6 Å². The van der Waals surface area contributed by atoms with Crippen molar-refractivity contribution >= 4 is 51.2 Å². The second-order valence-electron chi connectivity index (χ2n) is 2.76. The van der Waals surface area contributed by atoms with E-state index in [1.165, 1.54) is 0 Å². The van der Waals surface area contributed by atoms with Crippen LogP contribution in [0.5, 0.6) is 0 Å². The van der Waals surface area contributed by atoms with Gasteiger partial charge in [-0.05, 0) is 34.7 Å². The minimum atomic E-state index is 0.487. The Labute approximate surface area is 94.0 Å². The highest BCUT2D eigenvalue weighted by Crippen LogP contribution is 2.28. The van der Waals surface area contributed by atoms with Gasteiger partial charge in [0.25, 0.3) is 0 Å². The third-order valence-corrected chi connectivity index (χ3v) is 3.13. The van der Waals surface area contributed by atoms with Gasteiger partial charge in [0.2, 0.25) is 5.95 Å². The maximum atomic E-state index is 6.03. The molecule has 2 N–H and O–H groups in total. The zero-order valence-corrected chi connectivity index (χ0v) is 9.80. The monoisotopic (exact) mass is 307 g/mol. The summed E-state index contributed by atoms with van der Waals surface area (Å²) >= 11 is 8.24. The zero-order valence-electron chi connectivity index (χ0n) is 6.88. The Balaban J connectivity index is 3.00. The summed E-state index contributed by atoms with van der Waals surface area (Å²) in [5.41, 5.74) is 7.44. The van der Waals surface area contributed by atoms with Gasteiger partial charge in [0.05, 0.1) is 10.5 Å². The second kappa shape index (κ2) is 3.02. The van der Waals surface area contributed by atoms with Crippen molar-refractivity contribution in [3.05, 3.63) is 20.7 Å². The molecule has 0 aliphatic carbocycles. The first-order valence-electron chi connectivity index (χ1n) is 3.67. The van der Waals surface area contributed by atoms with Gasteiger partial charge in [0.15, 0.2) is 0 Å². The average molecular weight is 308 g/mol. The summed E-state index contributed by atoms with van der Waals surface area (Å²) in [6, 6.07) is 3.78. The molecular weight excluding hydrogens is 300 g/mol. The maximum Gasteiger partial charge on any atom is 0.201 e. The van der Waals surface area contributed by atoms with Crippen molar-refractivity contribution in [3.63, 3.8) is 0 Å². The predicted molar refractivity (Wildman–Crippen MR) is 62.9 cm³/mol. The first-order valence-corrected chi connectivity index (χ1v) is 5.13. The topological polar surface area (TPSA) is 43.8 Å². The molecule has 13 heavy (non-hydrogen) atoms. The largest absolute Gasteiger partial charge is 0.369 e. The van der Waals surface area contributed by atoms with E-state index in [0.717, 1.165) is 14.6 Å². The Bertz CT molecular complexity index is 478. The molecule has 1 aromatic heterocycles. The van der Waals surface area contributed by atoms with Crippen molar-refractivity contribution in [2.75, 3.05) is 5.73 Å². The van der Waals surface area contributed by atoms with Crippen LogP contribution in [-0.2, 0) is 7.05 Å². The third-order valence-electron chi connectivity index (χ3n) is 1.96. The summed E-state index contributed by atoms with van der Waals surface area (Å²) in [7, 11) is 1.85. The number of halogens is 2. The number of rotatable bonds is 0. The highest BCUT2D eigenvalue weighted by Gasteiger charge is 2.10. The Morgan fingerprint density at radius 2 is 2.23 bits per heavy atom. The van der Waals surface area contributed by atoms with E-state index in [9.17, 15) is 0 Å². The standard InChI is InChI=1S/C8H7ClIN3/c1-13-7-4(9)2-3-5(10)6(7)12-8(13)11/h2-3H,1H3,(H2,11,12). The van der Waals surface area contributed by atoms with Gasteiger partial charge in [-0.1, -0.05) is 11.6 Å². The van der Waals surface area contributed by atoms with Crippen molar-refractivity contribution in [3.8, 4) is 0 Å². The molecule has 0 fully saturated rings. The minimum absolute atomic E-state index is 0.487. The van der Waals surface area contributed by atoms with Crippen LogP contribution < -0.4 is 5.73 Å². The van der Waals surface area contributed by atoms with Crippen LogP contribution in [0.15, 0.2) is 12.1 Å². The number of imidazole rings is 1. The molecule has 68 valence electrons. The fourth-order valence-electron chi connectivity index (χ4n) is 1.26. The van der Waals surface area contributed by atoms with Crippen LogP contribution in [0.2, 0.25) is 5.02 Å². The summed E-state index contributed by atoms with van der Waals surface area (Å²) in [5, 5.41) is 0.683. The molecule has 0 amide bonds. The Morgan fingerprint density at radius 3 is 2.85 bits per heavy atom. The van der Waals surface area contributed by atoms with Crippen LogP contribution in [0.25, 0.3) is 11.0 Å². The predicted octanol–water partition coefficient (Wildman–Crippen LogP) is 2.41. The van der Waals surface area contributed by atoms with Gasteiger partial charge in [0.1, 0.15) is 5.52 Å². The van der Waals surface area contributed by atoms with E-state index in [4.69, 9.17) is 17.3 Å². The Kier molecular flexibility index (Phi) is 2.11. The van der Waals surface area contributed by atoms with Crippen LogP contribution in [0.4, 0.5) is 5.95 Å². The van der Waals surface area contributed by atoms with Gasteiger partial charge in [-0.15, -0.1) is 0 Å². The van der Waals surface area contributed by atoms with E-state index in [0.29, 0.717) is 11.0 Å². The molecule has 0 spiro atoms. The fourth-order valence-corrected chi connectivity index (χ4v) is 2.10. The lowest BCUT2D eigenvalue weighted by Crippen LogP contribution is -1.96. The van der Waals surface area contributed by atoms with Crippen molar-refractivity contribution in [2.24, 2.45) is 7.05 Å². The fraction of sp³-hybridized carbons (Fsp3) is 0.125. The molecule has 1 heterocycles. The van der Waals surface area contributed by atoms with Gasteiger partial charge in [-0.3, -0.25) is 0 Å². The number of anilines is 1. The molecule has 0 saturated carbocycles. The molecular formula is C8H7ClIN3. The summed E-state index contributed by atoms with van der Waals surface area (Å²) in [6.07, 6.45) is 0. The number of aryl methyl sites for hydroxylation is 1. The average Bonchev–Trinajstić information content (AvgIpc) is 2.38. The molecule has 0 saturated heterocycles. The molecule has 0 aliphatic rings. The van der Waals surface area contributed by atoms with Crippen LogP contribution in [0.3, 0.4) is 0 Å². The van der Waals surface area contributed by atoms with E-state index < -0.39 is 0 Å². The normalized spacial score (nSPS) is 11.0. The molecule has 0 aliphatic heterocycles. The van der Waals surface area contributed by atoms with Gasteiger partial charge in [-0.25, -0.2) is 4.98 Å². The summed E-state index contributed by atoms with van der Waals surface area (Å²) in [4.78, 5) is 4.22. The number of nitrogens with two attached hydrogens (primary N) is 1. The van der Waals surface area contributed by atoms with Crippen LogP contribution >= 0.6 is 34.2 Å². The Morgan fingerprint density at radius 1 is 1.54 bits per heavy atom. The molecule has 5 heteroatoms. The van der Waals surface area contributed by atoms with Gasteiger partial charge < -0.3 is 10.3 Å². The molecule has 0 unspecified atom stereocenters. The van der Waals surface area contributed by atoms with Gasteiger partial charge >= 0.3 is 0 Å². The highest BCUT2D eigenvalue weighted by molar-refractivity contribution is 14.1. The number of benzene rings is 1. The second-order valence-corrected chi connectivity index (χ2v) is 4.32. The quantitative estimate of drug-likeness (QED) is 0.760. The van der Waals surface area contributed by atoms with Crippen LogP contribution in [-0.4, -0.2) is 9.55 Å². The smallest absolute Gasteiger partial charge is 0.201 e. The minimum Gasteiger partial charge on any atom is -0.369 e. The molecule has 3 nitrogen and oxygen atoms in total. The highest BCUT2D eigenvalue weighted by atomic mass is 127. The van der Waals surface area contributed by atoms with E-state index in [1.54, 1.807) is 4.57 Å². The van der Waals surface area contributed by atoms with Crippen LogP contribution in [0, 0.1) is 3.57 Å². The van der Waals surface area contributed by atoms with E-state index in [1.807, 2.05) is 19.2 Å². The number of fused-ring (bicyclic) bond motifs is 1. The van der Waals surface area contributed by atoms with Crippen molar-refractivity contribution in [1.29, 1.82) is 0 Å². The summed E-state index contributed by atoms with van der Waals surface area (Å²) < 4.78 is 2.85. The summed E-state index contributed by atoms with van der Waals surface area (Å²) in [6.45, 7) is 0. The first kappa shape index (κ1) is 9.08. The lowest BCUT2D eigenvalue weighted by atomic mass is 10.3. The maximum absolute atomic E-state index is 6.03. The van der Waals surface area contributed by atoms with Gasteiger partial charge in [-0.2, -0.15) is 0 Å². The SMILES string of the molecule is Cn1c(N)nc2c(I)ccc(Cl)c21. The zero-order chi connectivity index (χ0) is 9.59. The Hall–Kier alpha value is -0.490. The van der Waals surface area contributed by atoms with E-state index in [2.05, 4.69) is 27.6 Å². The number of nitrogen functional groups attached to an aromatic ring is 1. The molecule has 0 bridgehead atoms. The van der Waals surface area contributed by atoms with Crippen molar-refractivity contribution in [1.82, 2.24) is 9.55 Å². The third kappa shape index (κ3) is 1.28. The van der Waals surface area contributed by atoms with Crippen molar-refractivity contribution < 1.29 is 0 Å². The van der Waals surface area contributed by atoms with E-state index in [-0.39, 0.29) is 0 Å². The molecule has 0 radical (unpaired) electrons. The van der Waals surface area contributed by atoms with Crippen molar-refractivity contribution in [2.45, 2.75) is 0 Å². The number of nitrogens with zero attached hydrogens (tertiary/aromatic N) is 2. The lowest BCUT2D eigenvalue weighted by molar-refractivity contribution is 0.965. The first-order chi connectivity index (χ1) is 6.11. The lowest BCUT2D eigenvalue weighted by Gasteiger charge is -1.99. The number of hydrogen-bond donors (Lipinski definition) is 1. The molecule has 2 aromatic rings. The number of aromatic nitrogens is 2. The summed E-state index contributed by atoms with van der Waals surface area (Å²) in [5.74, 6) is 0.487. The molecule has 2 rings (SSSR count). The molecule has 0 atom stereocenters. The van der Waals surface area contributed by atoms with Crippen LogP contribution in [0.1, 0.15) is 0 Å². The molecule has 1 aromatic carbocycles. The number of hydrogen-bond acceptors (Lipinski definition) is 2.